The molecule has 0 aliphatic carbocycles. The van der Waals surface area contributed by atoms with Crippen LogP contribution in [0.4, 0.5) is 13.2 Å². The predicted octanol–water partition coefficient (Wildman–Crippen LogP) is 5.68. The van der Waals surface area contributed by atoms with Crippen LogP contribution >= 0.6 is 23.2 Å². The molecule has 0 atom stereocenters. The summed E-state index contributed by atoms with van der Waals surface area (Å²) in [5.41, 5.74) is 0.249. The largest absolute Gasteiger partial charge is 0.488 e. The van der Waals surface area contributed by atoms with Crippen LogP contribution in [0.25, 0.3) is 0 Å². The summed E-state index contributed by atoms with van der Waals surface area (Å²) in [6.07, 6.45) is -4.49. The van der Waals surface area contributed by atoms with Crippen LogP contribution in [0.3, 0.4) is 0 Å². The van der Waals surface area contributed by atoms with Crippen molar-refractivity contribution in [1.82, 2.24) is 0 Å². The summed E-state index contributed by atoms with van der Waals surface area (Å²) in [4.78, 5) is 0. The monoisotopic (exact) mass is 334 g/mol. The number of hydrogen-bond donors (Lipinski definition) is 0. The normalized spacial score (nSPS) is 11.5. The Morgan fingerprint density at radius 2 is 1.76 bits per heavy atom. The second-order valence-electron chi connectivity index (χ2n) is 4.38. The molecule has 6 heteroatoms. The van der Waals surface area contributed by atoms with E-state index < -0.39 is 11.7 Å². The van der Waals surface area contributed by atoms with E-state index in [1.54, 1.807) is 24.3 Å². The number of hydrogen-bond acceptors (Lipinski definition) is 1. The second kappa shape index (κ2) is 6.58. The summed E-state index contributed by atoms with van der Waals surface area (Å²) >= 11 is 11.4. The Bertz CT molecular complexity index is 627. The topological polar surface area (TPSA) is 9.23 Å². The van der Waals surface area contributed by atoms with Crippen LogP contribution in [-0.4, -0.2) is 0 Å². The van der Waals surface area contributed by atoms with Crippen molar-refractivity contribution in [2.45, 2.75) is 18.7 Å². The molecule has 0 saturated carbocycles. The van der Waals surface area contributed by atoms with E-state index in [2.05, 4.69) is 0 Å². The lowest BCUT2D eigenvalue weighted by molar-refractivity contribution is -0.139. The lowest BCUT2D eigenvalue weighted by atomic mass is 10.1. The second-order valence-corrected chi connectivity index (χ2v) is 5.08. The minimum Gasteiger partial charge on any atom is -0.488 e. The zero-order chi connectivity index (χ0) is 15.5. The molecule has 0 aromatic heterocycles. The lowest BCUT2D eigenvalue weighted by Crippen LogP contribution is -2.09. The molecule has 0 spiro atoms. The fourth-order valence-electron chi connectivity index (χ4n) is 1.80. The van der Waals surface area contributed by atoms with Gasteiger partial charge in [-0.05, 0) is 35.4 Å². The van der Waals surface area contributed by atoms with Gasteiger partial charge < -0.3 is 4.74 Å². The summed E-state index contributed by atoms with van der Waals surface area (Å²) in [5.74, 6) is -0.214. The molecule has 21 heavy (non-hydrogen) atoms. The highest BCUT2D eigenvalue weighted by molar-refractivity contribution is 6.30. The molecule has 2 aromatic rings. The third kappa shape index (κ3) is 4.29. The van der Waals surface area contributed by atoms with E-state index in [0.717, 1.165) is 6.07 Å². The van der Waals surface area contributed by atoms with Crippen molar-refractivity contribution in [3.05, 3.63) is 64.2 Å². The molecule has 112 valence electrons. The Labute approximate surface area is 130 Å². The highest BCUT2D eigenvalue weighted by Crippen LogP contribution is 2.37. The van der Waals surface area contributed by atoms with E-state index in [1.807, 2.05) is 0 Å². The first-order chi connectivity index (χ1) is 9.90. The Hall–Kier alpha value is -1.39. The standard InChI is InChI=1S/C15H11Cl2F3O/c16-8-10-4-5-14(13(7-10)15(18,19)20)21-9-11-2-1-3-12(17)6-11/h1-7H,8-9H2. The summed E-state index contributed by atoms with van der Waals surface area (Å²) < 4.78 is 44.3. The van der Waals surface area contributed by atoms with Crippen LogP contribution < -0.4 is 4.74 Å². The van der Waals surface area contributed by atoms with E-state index in [-0.39, 0.29) is 18.2 Å². The van der Waals surface area contributed by atoms with Crippen molar-refractivity contribution < 1.29 is 17.9 Å². The Balaban J connectivity index is 2.23. The molecular formula is C15H11Cl2F3O. The molecule has 0 aliphatic heterocycles. The highest BCUT2D eigenvalue weighted by Gasteiger charge is 2.34. The summed E-state index contributed by atoms with van der Waals surface area (Å²) in [7, 11) is 0. The van der Waals surface area contributed by atoms with E-state index in [1.165, 1.54) is 12.1 Å². The number of alkyl halides is 4. The van der Waals surface area contributed by atoms with Crippen molar-refractivity contribution in [3.8, 4) is 5.75 Å². The van der Waals surface area contributed by atoms with Crippen LogP contribution in [0.5, 0.6) is 5.75 Å². The molecule has 0 bridgehead atoms. The molecule has 2 aromatic carbocycles. The van der Waals surface area contributed by atoms with Gasteiger partial charge in [0.05, 0.1) is 5.56 Å². The molecule has 1 nitrogen and oxygen atoms in total. The van der Waals surface area contributed by atoms with Crippen LogP contribution in [0, 0.1) is 0 Å². The fourth-order valence-corrected chi connectivity index (χ4v) is 2.17. The van der Waals surface area contributed by atoms with Gasteiger partial charge in [0.25, 0.3) is 0 Å². The third-order valence-corrected chi connectivity index (χ3v) is 3.33. The molecule has 0 radical (unpaired) electrons. The number of benzene rings is 2. The van der Waals surface area contributed by atoms with Gasteiger partial charge in [-0.2, -0.15) is 13.2 Å². The number of rotatable bonds is 4. The smallest absolute Gasteiger partial charge is 0.419 e. The predicted molar refractivity (Wildman–Crippen MR) is 76.8 cm³/mol. The number of ether oxygens (including phenoxy) is 1. The highest BCUT2D eigenvalue weighted by atomic mass is 35.5. The van der Waals surface area contributed by atoms with Crippen LogP contribution in [0.1, 0.15) is 16.7 Å². The van der Waals surface area contributed by atoms with Gasteiger partial charge in [-0.3, -0.25) is 0 Å². The Kier molecular flexibility index (Phi) is 5.01. The van der Waals surface area contributed by atoms with Gasteiger partial charge >= 0.3 is 6.18 Å². The first kappa shape index (κ1) is 16.0. The van der Waals surface area contributed by atoms with Gasteiger partial charge in [0.15, 0.2) is 0 Å². The molecule has 0 N–H and O–H groups in total. The zero-order valence-electron chi connectivity index (χ0n) is 10.8. The van der Waals surface area contributed by atoms with Crippen LogP contribution in [-0.2, 0) is 18.7 Å². The van der Waals surface area contributed by atoms with Crippen molar-refractivity contribution in [3.63, 3.8) is 0 Å². The summed E-state index contributed by atoms with van der Waals surface area (Å²) in [5, 5.41) is 0.504. The fraction of sp³-hybridized carbons (Fsp3) is 0.200. The number of halogens is 5. The third-order valence-electron chi connectivity index (χ3n) is 2.79. The molecule has 0 unspecified atom stereocenters. The maximum Gasteiger partial charge on any atom is 0.419 e. The van der Waals surface area contributed by atoms with Crippen molar-refractivity contribution >= 4 is 23.2 Å². The maximum absolute atomic E-state index is 13.0. The molecule has 0 aliphatic rings. The van der Waals surface area contributed by atoms with E-state index >= 15 is 0 Å². The lowest BCUT2D eigenvalue weighted by Gasteiger charge is -2.15. The van der Waals surface area contributed by atoms with Gasteiger partial charge in [-0.15, -0.1) is 11.6 Å². The zero-order valence-corrected chi connectivity index (χ0v) is 12.3. The van der Waals surface area contributed by atoms with Gasteiger partial charge in [0.1, 0.15) is 12.4 Å². The minimum absolute atomic E-state index is 0.00383. The van der Waals surface area contributed by atoms with Gasteiger partial charge in [-0.25, -0.2) is 0 Å². The molecular weight excluding hydrogens is 324 g/mol. The first-order valence-electron chi connectivity index (χ1n) is 6.03. The molecule has 0 fully saturated rings. The van der Waals surface area contributed by atoms with Gasteiger partial charge in [0.2, 0.25) is 0 Å². The first-order valence-corrected chi connectivity index (χ1v) is 6.94. The van der Waals surface area contributed by atoms with E-state index in [4.69, 9.17) is 27.9 Å². The van der Waals surface area contributed by atoms with Crippen molar-refractivity contribution in [1.29, 1.82) is 0 Å². The average molecular weight is 335 g/mol. The minimum atomic E-state index is -4.49. The maximum atomic E-state index is 13.0. The average Bonchev–Trinajstić information content (AvgIpc) is 2.44. The molecule has 0 saturated heterocycles. The van der Waals surface area contributed by atoms with Crippen molar-refractivity contribution in [2.75, 3.05) is 0 Å². The summed E-state index contributed by atoms with van der Waals surface area (Å²) in [6, 6.07) is 10.6. The Morgan fingerprint density at radius 3 is 2.38 bits per heavy atom. The van der Waals surface area contributed by atoms with Gasteiger partial charge in [-0.1, -0.05) is 29.8 Å². The van der Waals surface area contributed by atoms with E-state index in [9.17, 15) is 13.2 Å². The molecule has 2 rings (SSSR count). The van der Waals surface area contributed by atoms with Crippen molar-refractivity contribution in [2.24, 2.45) is 0 Å². The SMILES string of the molecule is FC(F)(F)c1cc(CCl)ccc1OCc1cccc(Cl)c1. The quantitative estimate of drug-likeness (QED) is 0.654. The van der Waals surface area contributed by atoms with Gasteiger partial charge in [0, 0.05) is 10.9 Å². The molecule has 0 heterocycles. The van der Waals surface area contributed by atoms with Crippen LogP contribution in [0.15, 0.2) is 42.5 Å². The van der Waals surface area contributed by atoms with Crippen LogP contribution in [0.2, 0.25) is 5.02 Å². The van der Waals surface area contributed by atoms with E-state index in [0.29, 0.717) is 16.1 Å². The Morgan fingerprint density at radius 1 is 1.00 bits per heavy atom. The molecule has 0 amide bonds. The summed E-state index contributed by atoms with van der Waals surface area (Å²) in [6.45, 7) is 0.00383.